The molecule has 0 spiro atoms. The van der Waals surface area contributed by atoms with Crippen LogP contribution in [-0.4, -0.2) is 83.3 Å². The van der Waals surface area contributed by atoms with Crippen molar-refractivity contribution in [2.24, 2.45) is 34.5 Å². The Morgan fingerprint density at radius 1 is 1.09 bits per heavy atom. The molecule has 4 aliphatic rings. The maximum absolute atomic E-state index is 13.3. The fourth-order valence-corrected chi connectivity index (χ4v) is 8.40. The Morgan fingerprint density at radius 2 is 1.71 bits per heavy atom. The van der Waals surface area contributed by atoms with Gasteiger partial charge in [-0.3, -0.25) is 4.79 Å². The van der Waals surface area contributed by atoms with Crippen LogP contribution in [0.1, 0.15) is 73.1 Å². The highest BCUT2D eigenvalue weighted by atomic mass is 16.3. The Balaban J connectivity index is 1.72. The highest BCUT2D eigenvalue weighted by Crippen LogP contribution is 2.68. The topological polar surface area (TPSA) is 159 Å². The molecule has 0 amide bonds. The molecule has 0 aliphatic heterocycles. The summed E-state index contributed by atoms with van der Waals surface area (Å²) in [6.07, 6.45) is -2.52. The number of aliphatic hydroxyl groups excluding tert-OH is 5. The summed E-state index contributed by atoms with van der Waals surface area (Å²) in [5.41, 5.74) is -4.53. The first-order chi connectivity index (χ1) is 16.0. The molecule has 3 saturated carbocycles. The fourth-order valence-electron chi connectivity index (χ4n) is 8.40. The molecule has 8 nitrogen and oxygen atoms in total. The molecule has 4 aliphatic carbocycles. The van der Waals surface area contributed by atoms with Crippen LogP contribution >= 0.6 is 0 Å². The molecule has 0 heterocycles. The van der Waals surface area contributed by atoms with Crippen molar-refractivity contribution in [1.82, 2.24) is 0 Å². The lowest BCUT2D eigenvalue weighted by molar-refractivity contribution is -0.198. The number of rotatable bonds is 5. The Labute approximate surface area is 207 Å². The molecule has 3 fully saturated rings. The summed E-state index contributed by atoms with van der Waals surface area (Å²) in [5, 5.41) is 77.3. The maximum atomic E-state index is 13.3. The first-order valence-electron chi connectivity index (χ1n) is 13.1. The van der Waals surface area contributed by atoms with Crippen molar-refractivity contribution in [3.8, 4) is 0 Å². The zero-order valence-corrected chi connectivity index (χ0v) is 21.6. The van der Waals surface area contributed by atoms with E-state index in [-0.39, 0.29) is 43.8 Å². The quantitative estimate of drug-likeness (QED) is 0.293. The summed E-state index contributed by atoms with van der Waals surface area (Å²) in [6, 6.07) is 0. The molecule has 0 aromatic heterocycles. The Hall–Kier alpha value is -0.870. The molecule has 0 bridgehead atoms. The van der Waals surface area contributed by atoms with Gasteiger partial charge in [0.25, 0.3) is 0 Å². The number of ketones is 1. The van der Waals surface area contributed by atoms with E-state index in [2.05, 4.69) is 0 Å². The molecule has 7 N–H and O–H groups in total. The van der Waals surface area contributed by atoms with Gasteiger partial charge in [0.15, 0.2) is 5.78 Å². The van der Waals surface area contributed by atoms with Gasteiger partial charge < -0.3 is 35.7 Å². The van der Waals surface area contributed by atoms with Crippen LogP contribution in [0, 0.1) is 34.5 Å². The summed E-state index contributed by atoms with van der Waals surface area (Å²) >= 11 is 0. The molecular formula is C27H44O8. The van der Waals surface area contributed by atoms with E-state index >= 15 is 0 Å². The molecule has 0 aromatic carbocycles. The molecule has 0 aromatic rings. The van der Waals surface area contributed by atoms with Crippen LogP contribution in [0.3, 0.4) is 0 Å². The van der Waals surface area contributed by atoms with Gasteiger partial charge in [-0.15, -0.1) is 0 Å². The van der Waals surface area contributed by atoms with Gasteiger partial charge in [-0.25, -0.2) is 0 Å². The third-order valence-electron chi connectivity index (χ3n) is 10.7. The minimum absolute atomic E-state index is 0.0119. The van der Waals surface area contributed by atoms with Crippen molar-refractivity contribution in [1.29, 1.82) is 0 Å². The summed E-state index contributed by atoms with van der Waals surface area (Å²) in [7, 11) is 0. The highest BCUT2D eigenvalue weighted by Gasteiger charge is 2.71. The maximum Gasteiger partial charge on any atom is 0.159 e. The summed E-state index contributed by atoms with van der Waals surface area (Å²) in [4.78, 5) is 13.3. The van der Waals surface area contributed by atoms with Gasteiger partial charge in [0, 0.05) is 23.7 Å². The van der Waals surface area contributed by atoms with Crippen molar-refractivity contribution >= 4 is 5.78 Å². The van der Waals surface area contributed by atoms with E-state index in [9.17, 15) is 40.5 Å². The predicted octanol–water partition coefficient (Wildman–Crippen LogP) is 0.681. The second kappa shape index (κ2) is 8.58. The first kappa shape index (κ1) is 27.2. The smallest absolute Gasteiger partial charge is 0.159 e. The van der Waals surface area contributed by atoms with Gasteiger partial charge in [0.05, 0.1) is 41.7 Å². The van der Waals surface area contributed by atoms with Crippen LogP contribution in [0.5, 0.6) is 0 Å². The highest BCUT2D eigenvalue weighted by molar-refractivity contribution is 5.95. The van der Waals surface area contributed by atoms with Crippen molar-refractivity contribution in [3.63, 3.8) is 0 Å². The van der Waals surface area contributed by atoms with Crippen LogP contribution in [0.2, 0.25) is 0 Å². The van der Waals surface area contributed by atoms with E-state index in [1.54, 1.807) is 0 Å². The van der Waals surface area contributed by atoms with Gasteiger partial charge in [-0.2, -0.15) is 0 Å². The van der Waals surface area contributed by atoms with Crippen molar-refractivity contribution < 1.29 is 40.5 Å². The van der Waals surface area contributed by atoms with E-state index in [4.69, 9.17) is 0 Å². The lowest BCUT2D eigenvalue weighted by Gasteiger charge is -2.62. The molecular weight excluding hydrogens is 452 g/mol. The molecule has 200 valence electrons. The number of hydrogen-bond donors (Lipinski definition) is 7. The predicted molar refractivity (Wildman–Crippen MR) is 128 cm³/mol. The van der Waals surface area contributed by atoms with Crippen molar-refractivity contribution in [2.75, 3.05) is 0 Å². The average Bonchev–Trinajstić information content (AvgIpc) is 3.01. The number of aliphatic hydroxyl groups is 7. The van der Waals surface area contributed by atoms with Crippen LogP contribution in [0.4, 0.5) is 0 Å². The molecule has 4 rings (SSSR count). The Morgan fingerprint density at radius 3 is 2.31 bits per heavy atom. The van der Waals surface area contributed by atoms with Crippen LogP contribution in [-0.2, 0) is 4.79 Å². The minimum Gasteiger partial charge on any atom is -0.393 e. The SMILES string of the molecule is CC(C)C(O)CC(O)[C@](C)(O)C1CC[C@@]2(O)C3=CC(=O)[C@@H]4CC(O)C(O)C[C@]4(C)[C@H]3C(O)C[C@]12C. The molecule has 6 unspecified atom stereocenters. The van der Waals surface area contributed by atoms with E-state index in [1.807, 2.05) is 27.7 Å². The van der Waals surface area contributed by atoms with Gasteiger partial charge in [0.2, 0.25) is 0 Å². The fraction of sp³-hybridized carbons (Fsp3) is 0.889. The van der Waals surface area contributed by atoms with Crippen LogP contribution in [0.15, 0.2) is 11.6 Å². The van der Waals surface area contributed by atoms with Crippen LogP contribution < -0.4 is 0 Å². The zero-order valence-electron chi connectivity index (χ0n) is 21.6. The second-order valence-corrected chi connectivity index (χ2v) is 13.0. The van der Waals surface area contributed by atoms with Gasteiger partial charge in [0.1, 0.15) is 0 Å². The van der Waals surface area contributed by atoms with E-state index in [1.165, 1.54) is 13.0 Å². The molecule has 8 heteroatoms. The third-order valence-corrected chi connectivity index (χ3v) is 10.7. The van der Waals surface area contributed by atoms with Crippen LogP contribution in [0.25, 0.3) is 0 Å². The number of hydrogen-bond acceptors (Lipinski definition) is 8. The lowest BCUT2D eigenvalue weighted by Crippen LogP contribution is -2.66. The second-order valence-electron chi connectivity index (χ2n) is 13.0. The van der Waals surface area contributed by atoms with E-state index < -0.39 is 70.3 Å². The Bertz CT molecular complexity index is 884. The standard InChI is InChI=1S/C27H44O8/c1-13(2)16(28)10-22(33)26(5,34)21-6-7-27(35)15-9-17(29)14-8-18(30)19(31)11-24(14,3)23(15)20(32)12-25(21,27)4/h9,13-14,16,18-23,28,30-35H,6-8,10-12H2,1-5H3/t14-,16?,18?,19?,20?,21?,22?,23+,24-,25+,26+,27+/m0/s1. The summed E-state index contributed by atoms with van der Waals surface area (Å²) in [5.74, 6) is -2.03. The van der Waals surface area contributed by atoms with Gasteiger partial charge in [-0.05, 0) is 67.9 Å². The minimum atomic E-state index is -1.64. The van der Waals surface area contributed by atoms with Crippen molar-refractivity contribution in [3.05, 3.63) is 11.6 Å². The number of fused-ring (bicyclic) bond motifs is 5. The zero-order chi connectivity index (χ0) is 26.3. The molecule has 12 atom stereocenters. The monoisotopic (exact) mass is 496 g/mol. The molecule has 35 heavy (non-hydrogen) atoms. The first-order valence-corrected chi connectivity index (χ1v) is 13.1. The molecule has 0 saturated heterocycles. The number of carbonyl (C=O) groups excluding carboxylic acids is 1. The third kappa shape index (κ3) is 3.78. The number of carbonyl (C=O) groups is 1. The van der Waals surface area contributed by atoms with E-state index in [0.717, 1.165) is 0 Å². The largest absolute Gasteiger partial charge is 0.393 e. The van der Waals surface area contributed by atoms with Gasteiger partial charge >= 0.3 is 0 Å². The summed E-state index contributed by atoms with van der Waals surface area (Å²) in [6.45, 7) is 8.87. The van der Waals surface area contributed by atoms with E-state index in [0.29, 0.717) is 12.0 Å². The summed E-state index contributed by atoms with van der Waals surface area (Å²) < 4.78 is 0. The normalized spacial score (nSPS) is 48.9. The average molecular weight is 497 g/mol. The van der Waals surface area contributed by atoms with Gasteiger partial charge in [-0.1, -0.05) is 27.7 Å². The number of allylic oxidation sites excluding steroid dienone is 1. The van der Waals surface area contributed by atoms with Crippen molar-refractivity contribution in [2.45, 2.75) is 115 Å². The lowest BCUT2D eigenvalue weighted by atomic mass is 9.44. The molecule has 0 radical (unpaired) electrons. The Kier molecular flexibility index (Phi) is 6.66.